The zero-order valence-electron chi connectivity index (χ0n) is 15.3. The zero-order valence-corrected chi connectivity index (χ0v) is 15.3. The molecular formula is C20H28N4O. The molecule has 0 unspecified atom stereocenters. The van der Waals surface area contributed by atoms with Crippen LogP contribution in [-0.2, 0) is 19.4 Å². The number of fused-ring (bicyclic) bond motifs is 1. The van der Waals surface area contributed by atoms with E-state index in [1.54, 1.807) is 11.1 Å². The highest BCUT2D eigenvalue weighted by Gasteiger charge is 2.28. The largest absolute Gasteiger partial charge is 0.339 e. The van der Waals surface area contributed by atoms with E-state index in [0.717, 1.165) is 37.9 Å². The Hall–Kier alpha value is -1.72. The van der Waals surface area contributed by atoms with E-state index in [1.807, 2.05) is 0 Å². The maximum atomic E-state index is 5.34. The molecule has 1 aromatic heterocycles. The van der Waals surface area contributed by atoms with Crippen molar-refractivity contribution in [3.63, 3.8) is 0 Å². The van der Waals surface area contributed by atoms with E-state index in [2.05, 4.69) is 58.1 Å². The maximum absolute atomic E-state index is 5.34. The van der Waals surface area contributed by atoms with Crippen LogP contribution in [0.25, 0.3) is 0 Å². The fourth-order valence-electron chi connectivity index (χ4n) is 4.07. The van der Waals surface area contributed by atoms with Crippen molar-refractivity contribution in [2.24, 2.45) is 0 Å². The van der Waals surface area contributed by atoms with Gasteiger partial charge in [-0.1, -0.05) is 43.3 Å². The molecule has 25 heavy (non-hydrogen) atoms. The highest BCUT2D eigenvalue weighted by Crippen LogP contribution is 2.26. The molecule has 1 aromatic carbocycles. The number of hydrogen-bond donors (Lipinski definition) is 0. The summed E-state index contributed by atoms with van der Waals surface area (Å²) in [5.74, 6) is 1.87. The summed E-state index contributed by atoms with van der Waals surface area (Å²) < 4.78 is 5.34. The van der Waals surface area contributed by atoms with E-state index >= 15 is 0 Å². The van der Waals surface area contributed by atoms with Gasteiger partial charge in [0, 0.05) is 25.0 Å². The van der Waals surface area contributed by atoms with E-state index in [9.17, 15) is 0 Å². The Balaban J connectivity index is 1.33. The van der Waals surface area contributed by atoms with Gasteiger partial charge in [-0.15, -0.1) is 0 Å². The molecule has 0 amide bonds. The highest BCUT2D eigenvalue weighted by molar-refractivity contribution is 5.33. The Bertz CT molecular complexity index is 686. The summed E-state index contributed by atoms with van der Waals surface area (Å²) in [4.78, 5) is 9.68. The minimum Gasteiger partial charge on any atom is -0.339 e. The molecule has 1 aliphatic heterocycles. The van der Waals surface area contributed by atoms with Gasteiger partial charge in [0.1, 0.15) is 0 Å². The van der Waals surface area contributed by atoms with Crippen LogP contribution >= 0.6 is 0 Å². The predicted octanol–water partition coefficient (Wildman–Crippen LogP) is 2.87. The Labute approximate surface area is 150 Å². The topological polar surface area (TPSA) is 45.4 Å². The minimum absolute atomic E-state index is 0.296. The Morgan fingerprint density at radius 3 is 2.52 bits per heavy atom. The number of benzene rings is 1. The third-order valence-corrected chi connectivity index (χ3v) is 5.51. The van der Waals surface area contributed by atoms with Crippen LogP contribution in [0, 0.1) is 0 Å². The van der Waals surface area contributed by atoms with Crippen molar-refractivity contribution in [2.45, 2.75) is 51.6 Å². The van der Waals surface area contributed by atoms with Gasteiger partial charge in [0.2, 0.25) is 5.89 Å². The molecule has 5 nitrogen and oxygen atoms in total. The van der Waals surface area contributed by atoms with Gasteiger partial charge in [0.05, 0.1) is 6.54 Å². The Morgan fingerprint density at radius 2 is 1.84 bits per heavy atom. The van der Waals surface area contributed by atoms with Gasteiger partial charge in [-0.3, -0.25) is 9.80 Å². The zero-order chi connectivity index (χ0) is 17.2. The molecule has 0 saturated carbocycles. The summed E-state index contributed by atoms with van der Waals surface area (Å²) in [5, 5.41) is 4.14. The molecule has 0 bridgehead atoms. The number of rotatable bonds is 4. The summed E-state index contributed by atoms with van der Waals surface area (Å²) in [6.07, 6.45) is 3.62. The van der Waals surface area contributed by atoms with Gasteiger partial charge in [0.15, 0.2) is 5.82 Å². The second kappa shape index (κ2) is 7.26. The van der Waals surface area contributed by atoms with Crippen molar-refractivity contribution in [1.82, 2.24) is 19.9 Å². The van der Waals surface area contributed by atoms with Crippen molar-refractivity contribution in [2.75, 3.05) is 26.2 Å². The van der Waals surface area contributed by atoms with Crippen LogP contribution < -0.4 is 0 Å². The Morgan fingerprint density at radius 1 is 1.08 bits per heavy atom. The van der Waals surface area contributed by atoms with E-state index < -0.39 is 0 Å². The lowest BCUT2D eigenvalue weighted by Gasteiger charge is -2.27. The van der Waals surface area contributed by atoms with Crippen LogP contribution in [0.2, 0.25) is 0 Å². The van der Waals surface area contributed by atoms with E-state index in [4.69, 9.17) is 4.52 Å². The average molecular weight is 340 g/mol. The lowest BCUT2D eigenvalue weighted by Crippen LogP contribution is -2.38. The first kappa shape index (κ1) is 16.7. The third kappa shape index (κ3) is 3.77. The molecule has 134 valence electrons. The summed E-state index contributed by atoms with van der Waals surface area (Å²) in [6, 6.07) is 9.60. The quantitative estimate of drug-likeness (QED) is 0.856. The van der Waals surface area contributed by atoms with Gasteiger partial charge in [-0.05, 0) is 43.5 Å². The van der Waals surface area contributed by atoms with Crippen LogP contribution in [0.5, 0.6) is 0 Å². The van der Waals surface area contributed by atoms with Crippen molar-refractivity contribution >= 4 is 0 Å². The summed E-state index contributed by atoms with van der Waals surface area (Å²) >= 11 is 0. The van der Waals surface area contributed by atoms with Crippen LogP contribution in [0.1, 0.15) is 49.0 Å². The summed E-state index contributed by atoms with van der Waals surface area (Å²) in [7, 11) is 0. The first-order chi connectivity index (χ1) is 12.2. The fraction of sp³-hybridized carbons (Fsp3) is 0.600. The molecule has 4 rings (SSSR count). The van der Waals surface area contributed by atoms with Gasteiger partial charge in [-0.2, -0.15) is 4.98 Å². The van der Waals surface area contributed by atoms with Crippen molar-refractivity contribution in [1.29, 1.82) is 0 Å². The highest BCUT2D eigenvalue weighted by atomic mass is 16.5. The average Bonchev–Trinajstić information content (AvgIpc) is 3.18. The van der Waals surface area contributed by atoms with Crippen molar-refractivity contribution < 1.29 is 4.52 Å². The molecule has 2 aliphatic rings. The van der Waals surface area contributed by atoms with Crippen molar-refractivity contribution in [3.8, 4) is 0 Å². The second-order valence-electron chi connectivity index (χ2n) is 7.70. The molecule has 0 spiro atoms. The molecule has 1 saturated heterocycles. The lowest BCUT2D eigenvalue weighted by atomic mass is 10.1. The number of aromatic nitrogens is 2. The lowest BCUT2D eigenvalue weighted by molar-refractivity contribution is 0.199. The third-order valence-electron chi connectivity index (χ3n) is 5.51. The van der Waals surface area contributed by atoms with Crippen LogP contribution in [-0.4, -0.2) is 52.2 Å². The predicted molar refractivity (Wildman–Crippen MR) is 97.5 cm³/mol. The monoisotopic (exact) mass is 340 g/mol. The maximum Gasteiger partial charge on any atom is 0.229 e. The molecule has 1 fully saturated rings. The molecule has 0 radical (unpaired) electrons. The number of nitrogens with zero attached hydrogens (tertiary/aromatic N) is 4. The van der Waals surface area contributed by atoms with Gasteiger partial charge >= 0.3 is 0 Å². The van der Waals surface area contributed by atoms with Gasteiger partial charge in [0.25, 0.3) is 0 Å². The number of hydrogen-bond acceptors (Lipinski definition) is 5. The normalized spacial score (nSPS) is 20.1. The van der Waals surface area contributed by atoms with Crippen LogP contribution in [0.15, 0.2) is 28.8 Å². The van der Waals surface area contributed by atoms with Crippen molar-refractivity contribution in [3.05, 3.63) is 47.1 Å². The standard InChI is InChI=1S/C20H28N4O/c1-15(2)20-21-19(22-25-20)14-23-8-5-9-24(11-10-23)18-12-16-6-3-4-7-17(16)13-18/h3-4,6-7,15,18H,5,8-14H2,1-2H3. The first-order valence-electron chi connectivity index (χ1n) is 9.54. The molecule has 1 aliphatic carbocycles. The van der Waals surface area contributed by atoms with E-state index in [1.165, 1.54) is 25.8 Å². The summed E-state index contributed by atoms with van der Waals surface area (Å²) in [5.41, 5.74) is 3.09. The van der Waals surface area contributed by atoms with Crippen LogP contribution in [0.4, 0.5) is 0 Å². The molecule has 2 heterocycles. The van der Waals surface area contributed by atoms with E-state index in [0.29, 0.717) is 12.0 Å². The first-order valence-corrected chi connectivity index (χ1v) is 9.54. The summed E-state index contributed by atoms with van der Waals surface area (Å²) in [6.45, 7) is 9.49. The minimum atomic E-state index is 0.296. The SMILES string of the molecule is CC(C)c1nc(CN2CCCN(C3Cc4ccccc4C3)CC2)no1. The molecular weight excluding hydrogens is 312 g/mol. The second-order valence-corrected chi connectivity index (χ2v) is 7.70. The fourth-order valence-corrected chi connectivity index (χ4v) is 4.07. The van der Waals surface area contributed by atoms with Gasteiger partial charge in [-0.25, -0.2) is 0 Å². The Kier molecular flexibility index (Phi) is 4.86. The molecule has 2 aromatic rings. The van der Waals surface area contributed by atoms with Gasteiger partial charge < -0.3 is 4.52 Å². The molecule has 5 heteroatoms. The van der Waals surface area contributed by atoms with E-state index in [-0.39, 0.29) is 0 Å². The molecule has 0 N–H and O–H groups in total. The molecule has 0 atom stereocenters. The smallest absolute Gasteiger partial charge is 0.229 e. The van der Waals surface area contributed by atoms with Crippen LogP contribution in [0.3, 0.4) is 0 Å².